The predicted octanol–water partition coefficient (Wildman–Crippen LogP) is 0.375. The molecule has 2 aliphatic heterocycles. The first-order chi connectivity index (χ1) is 7.81. The van der Waals surface area contributed by atoms with Gasteiger partial charge in [0, 0.05) is 20.2 Å². The maximum Gasteiger partial charge on any atom is 0.233 e. The lowest BCUT2D eigenvalue weighted by Gasteiger charge is -2.24. The normalized spacial score (nSPS) is 34.9. The van der Waals surface area contributed by atoms with Gasteiger partial charge in [0.2, 0.25) is 5.91 Å². The van der Waals surface area contributed by atoms with Crippen molar-refractivity contribution in [1.29, 1.82) is 0 Å². The molecule has 0 bridgehead atoms. The van der Waals surface area contributed by atoms with E-state index in [0.717, 1.165) is 25.3 Å². The Labute approximate surface area is 101 Å². The summed E-state index contributed by atoms with van der Waals surface area (Å²) in [7, 11) is 1.70. The summed E-state index contributed by atoms with van der Waals surface area (Å²) >= 11 is 1.79. The summed E-state index contributed by atoms with van der Waals surface area (Å²) in [6.45, 7) is 1.65. The summed E-state index contributed by atoms with van der Waals surface area (Å²) in [5.41, 5.74) is 0. The molecule has 4 nitrogen and oxygen atoms in total. The average molecular weight is 244 g/mol. The minimum Gasteiger partial charge on any atom is -0.378 e. The highest BCUT2D eigenvalue weighted by atomic mass is 32.2. The minimum absolute atomic E-state index is 0.123. The molecule has 2 N–H and O–H groups in total. The van der Waals surface area contributed by atoms with Crippen molar-refractivity contribution in [2.75, 3.05) is 26.0 Å². The number of ether oxygens (including phenoxy) is 1. The van der Waals surface area contributed by atoms with Crippen molar-refractivity contribution in [3.63, 3.8) is 0 Å². The summed E-state index contributed by atoms with van der Waals surface area (Å²) in [4.78, 5) is 12.0. The van der Waals surface area contributed by atoms with Crippen LogP contribution in [0.5, 0.6) is 0 Å². The van der Waals surface area contributed by atoms with Crippen LogP contribution < -0.4 is 10.6 Å². The van der Waals surface area contributed by atoms with E-state index in [1.54, 1.807) is 18.9 Å². The number of nitrogens with one attached hydrogen (secondary N) is 2. The zero-order valence-electron chi connectivity index (χ0n) is 9.70. The number of hydrogen-bond donors (Lipinski definition) is 2. The Kier molecular flexibility index (Phi) is 4.49. The summed E-state index contributed by atoms with van der Waals surface area (Å²) in [5.74, 6) is 1.31. The summed E-state index contributed by atoms with van der Waals surface area (Å²) in [5, 5.41) is 6.50. The van der Waals surface area contributed by atoms with E-state index in [1.807, 2.05) is 0 Å². The Morgan fingerprint density at radius 1 is 1.44 bits per heavy atom. The van der Waals surface area contributed by atoms with Crippen molar-refractivity contribution in [3.8, 4) is 0 Å². The van der Waals surface area contributed by atoms with E-state index in [2.05, 4.69) is 10.6 Å². The molecule has 0 aromatic heterocycles. The molecule has 3 atom stereocenters. The van der Waals surface area contributed by atoms with Crippen LogP contribution >= 0.6 is 11.8 Å². The molecule has 0 radical (unpaired) electrons. The summed E-state index contributed by atoms with van der Waals surface area (Å²) in [6, 6.07) is 0.139. The maximum atomic E-state index is 12.0. The van der Waals surface area contributed by atoms with Gasteiger partial charge in [0.15, 0.2) is 0 Å². The molecule has 5 heteroatoms. The van der Waals surface area contributed by atoms with E-state index < -0.39 is 0 Å². The molecule has 0 aliphatic carbocycles. The summed E-state index contributed by atoms with van der Waals surface area (Å²) < 4.78 is 5.33. The molecule has 2 saturated heterocycles. The second-order valence-corrected chi connectivity index (χ2v) is 5.71. The molecule has 0 saturated carbocycles. The van der Waals surface area contributed by atoms with Crippen LogP contribution in [0.2, 0.25) is 0 Å². The zero-order valence-corrected chi connectivity index (χ0v) is 10.5. The Balaban J connectivity index is 1.81. The van der Waals surface area contributed by atoms with Gasteiger partial charge in [0.1, 0.15) is 0 Å². The van der Waals surface area contributed by atoms with Gasteiger partial charge < -0.3 is 15.4 Å². The maximum absolute atomic E-state index is 12.0. The van der Waals surface area contributed by atoms with E-state index >= 15 is 0 Å². The van der Waals surface area contributed by atoms with E-state index in [0.29, 0.717) is 0 Å². The number of hydrogen-bond acceptors (Lipinski definition) is 4. The molecular weight excluding hydrogens is 224 g/mol. The number of rotatable bonds is 3. The third kappa shape index (κ3) is 2.90. The Morgan fingerprint density at radius 3 is 3.00 bits per heavy atom. The van der Waals surface area contributed by atoms with E-state index in [1.165, 1.54) is 12.8 Å². The lowest BCUT2D eigenvalue weighted by Crippen LogP contribution is -2.47. The van der Waals surface area contributed by atoms with Crippen LogP contribution in [-0.2, 0) is 9.53 Å². The Hall–Kier alpha value is -0.260. The van der Waals surface area contributed by atoms with E-state index in [9.17, 15) is 4.79 Å². The van der Waals surface area contributed by atoms with Crippen LogP contribution in [-0.4, -0.2) is 49.3 Å². The number of thioether (sulfide) groups is 1. The molecule has 2 heterocycles. The topological polar surface area (TPSA) is 50.4 Å². The zero-order chi connectivity index (χ0) is 11.4. The van der Waals surface area contributed by atoms with Crippen molar-refractivity contribution in [2.45, 2.75) is 36.7 Å². The third-order valence-electron chi connectivity index (χ3n) is 3.26. The molecule has 1 amide bonds. The predicted molar refractivity (Wildman–Crippen MR) is 65.7 cm³/mol. The van der Waals surface area contributed by atoms with Gasteiger partial charge in [-0.2, -0.15) is 0 Å². The highest BCUT2D eigenvalue weighted by molar-refractivity contribution is 8.00. The molecular formula is C11H20N2O2S. The van der Waals surface area contributed by atoms with Gasteiger partial charge in [0.25, 0.3) is 0 Å². The highest BCUT2D eigenvalue weighted by Crippen LogP contribution is 2.25. The third-order valence-corrected chi connectivity index (χ3v) is 4.64. The van der Waals surface area contributed by atoms with Gasteiger partial charge >= 0.3 is 0 Å². The van der Waals surface area contributed by atoms with Crippen LogP contribution in [0.3, 0.4) is 0 Å². The molecule has 0 spiro atoms. The second kappa shape index (κ2) is 5.89. The monoisotopic (exact) mass is 244 g/mol. The molecule has 0 aromatic carbocycles. The van der Waals surface area contributed by atoms with E-state index in [4.69, 9.17) is 4.74 Å². The van der Waals surface area contributed by atoms with Crippen LogP contribution in [0.4, 0.5) is 0 Å². The molecule has 2 fully saturated rings. The fourth-order valence-corrected chi connectivity index (χ4v) is 3.48. The molecule has 2 rings (SSSR count). The average Bonchev–Trinajstić information content (AvgIpc) is 2.77. The lowest BCUT2D eigenvalue weighted by atomic mass is 10.1. The van der Waals surface area contributed by atoms with Crippen molar-refractivity contribution in [1.82, 2.24) is 10.6 Å². The first-order valence-electron chi connectivity index (χ1n) is 5.96. The quantitative estimate of drug-likeness (QED) is 0.753. The van der Waals surface area contributed by atoms with Gasteiger partial charge in [-0.1, -0.05) is 6.42 Å². The lowest BCUT2D eigenvalue weighted by molar-refractivity contribution is -0.122. The number of carbonyl (C=O) groups excluding carboxylic acids is 1. The number of amides is 1. The molecule has 2 aliphatic rings. The van der Waals surface area contributed by atoms with Crippen molar-refractivity contribution in [2.24, 2.45) is 0 Å². The fraction of sp³-hybridized carbons (Fsp3) is 0.909. The molecule has 16 heavy (non-hydrogen) atoms. The molecule has 0 aromatic rings. The van der Waals surface area contributed by atoms with Gasteiger partial charge in [-0.25, -0.2) is 0 Å². The first kappa shape index (κ1) is 12.2. The van der Waals surface area contributed by atoms with E-state index in [-0.39, 0.29) is 23.3 Å². The fourth-order valence-electron chi connectivity index (χ4n) is 2.27. The van der Waals surface area contributed by atoms with Gasteiger partial charge in [-0.15, -0.1) is 11.8 Å². The largest absolute Gasteiger partial charge is 0.378 e. The first-order valence-corrected chi connectivity index (χ1v) is 7.01. The van der Waals surface area contributed by atoms with Crippen LogP contribution in [0.1, 0.15) is 19.3 Å². The Bertz CT molecular complexity index is 244. The van der Waals surface area contributed by atoms with Crippen molar-refractivity contribution >= 4 is 17.7 Å². The van der Waals surface area contributed by atoms with Gasteiger partial charge in [-0.05, 0) is 18.6 Å². The van der Waals surface area contributed by atoms with Crippen LogP contribution in [0.25, 0.3) is 0 Å². The van der Waals surface area contributed by atoms with Crippen molar-refractivity contribution < 1.29 is 9.53 Å². The van der Waals surface area contributed by atoms with Gasteiger partial charge in [-0.3, -0.25) is 4.79 Å². The molecule has 2 unspecified atom stereocenters. The number of methoxy groups -OCH3 is 1. The van der Waals surface area contributed by atoms with Gasteiger partial charge in [0.05, 0.1) is 17.4 Å². The minimum atomic E-state index is 0.123. The van der Waals surface area contributed by atoms with Crippen LogP contribution in [0.15, 0.2) is 0 Å². The van der Waals surface area contributed by atoms with Crippen LogP contribution in [0, 0.1) is 0 Å². The Morgan fingerprint density at radius 2 is 2.31 bits per heavy atom. The standard InChI is InChI=1S/C11H20N2O2S/c1-15-9-7-12-6-8(9)13-11(14)10-4-2-3-5-16-10/h8-10,12H,2-7H2,1H3,(H,13,14)/t8?,9-,10?/m0/s1. The highest BCUT2D eigenvalue weighted by Gasteiger charge is 2.31. The summed E-state index contributed by atoms with van der Waals surface area (Å²) in [6.07, 6.45) is 3.58. The SMILES string of the molecule is CO[C@H]1CNCC1NC(=O)C1CCCCS1. The molecule has 92 valence electrons. The second-order valence-electron chi connectivity index (χ2n) is 4.40. The van der Waals surface area contributed by atoms with Crippen molar-refractivity contribution in [3.05, 3.63) is 0 Å². The smallest absolute Gasteiger partial charge is 0.233 e. The number of carbonyl (C=O) groups is 1.